The van der Waals surface area contributed by atoms with Crippen molar-refractivity contribution in [1.82, 2.24) is 0 Å². The van der Waals surface area contributed by atoms with Crippen molar-refractivity contribution >= 4 is 21.4 Å². The van der Waals surface area contributed by atoms with Gasteiger partial charge in [0.2, 0.25) is 0 Å². The molecule has 4 nitrogen and oxygen atoms in total. The molecule has 21 heavy (non-hydrogen) atoms. The van der Waals surface area contributed by atoms with Gasteiger partial charge in [0.05, 0.1) is 11.4 Å². The van der Waals surface area contributed by atoms with Crippen molar-refractivity contribution in [3.63, 3.8) is 0 Å². The Morgan fingerprint density at radius 3 is 2.57 bits per heavy atom. The second kappa shape index (κ2) is 6.13. The highest BCUT2D eigenvalue weighted by Gasteiger charge is 2.19. The Bertz CT molecular complexity index is 745. The third-order valence-corrected chi connectivity index (χ3v) is 4.48. The first-order valence-corrected chi connectivity index (χ1v) is 8.08. The van der Waals surface area contributed by atoms with E-state index in [2.05, 4.69) is 4.72 Å². The van der Waals surface area contributed by atoms with Crippen LogP contribution in [0.15, 0.2) is 47.4 Å². The molecule has 0 radical (unpaired) electrons. The average Bonchev–Trinajstić information content (AvgIpc) is 2.40. The van der Waals surface area contributed by atoms with Crippen LogP contribution in [0.2, 0.25) is 0 Å². The Morgan fingerprint density at radius 1 is 1.19 bits per heavy atom. The minimum absolute atomic E-state index is 0.115. The number of nitrogens with two attached hydrogens (primary N) is 1. The highest BCUT2D eigenvalue weighted by Crippen LogP contribution is 2.24. The molecule has 112 valence electrons. The van der Waals surface area contributed by atoms with Crippen molar-refractivity contribution in [3.8, 4) is 0 Å². The van der Waals surface area contributed by atoms with E-state index in [9.17, 15) is 12.8 Å². The summed E-state index contributed by atoms with van der Waals surface area (Å²) < 4.78 is 40.3. The maximum absolute atomic E-state index is 13.0. The Balaban J connectivity index is 2.38. The van der Waals surface area contributed by atoms with E-state index in [0.29, 0.717) is 5.69 Å². The predicted octanol–water partition coefficient (Wildman–Crippen LogP) is 3.16. The van der Waals surface area contributed by atoms with Crippen molar-refractivity contribution in [1.29, 1.82) is 0 Å². The summed E-state index contributed by atoms with van der Waals surface area (Å²) in [7, 11) is -3.84. The number of nitrogen functional groups attached to an aromatic ring is 1. The van der Waals surface area contributed by atoms with E-state index in [0.717, 1.165) is 36.6 Å². The van der Waals surface area contributed by atoms with Gasteiger partial charge in [-0.1, -0.05) is 31.5 Å². The third-order valence-electron chi connectivity index (χ3n) is 3.04. The van der Waals surface area contributed by atoms with Crippen LogP contribution in [0.3, 0.4) is 0 Å². The molecule has 0 aromatic heterocycles. The van der Waals surface area contributed by atoms with E-state index in [1.165, 1.54) is 0 Å². The molecule has 0 bridgehead atoms. The molecule has 2 aromatic carbocycles. The van der Waals surface area contributed by atoms with E-state index < -0.39 is 15.8 Å². The predicted molar refractivity (Wildman–Crippen MR) is 82.1 cm³/mol. The number of rotatable bonds is 5. The smallest absolute Gasteiger partial charge is 0.263 e. The number of benzene rings is 2. The summed E-state index contributed by atoms with van der Waals surface area (Å²) in [5, 5.41) is 0. The van der Waals surface area contributed by atoms with Crippen LogP contribution in [0.4, 0.5) is 15.8 Å². The van der Waals surface area contributed by atoms with Gasteiger partial charge in [-0.15, -0.1) is 0 Å². The van der Waals surface area contributed by atoms with Gasteiger partial charge in [-0.05, 0) is 36.2 Å². The lowest BCUT2D eigenvalue weighted by atomic mass is 10.1. The second-order valence-corrected chi connectivity index (χ2v) is 6.35. The van der Waals surface area contributed by atoms with Gasteiger partial charge in [0.1, 0.15) is 10.7 Å². The molecule has 6 heteroatoms. The molecule has 0 aliphatic rings. The Kier molecular flexibility index (Phi) is 4.47. The number of sulfonamides is 1. The topological polar surface area (TPSA) is 72.2 Å². The molecule has 0 saturated heterocycles. The molecular weight excluding hydrogens is 291 g/mol. The number of aryl methyl sites for hydroxylation is 1. The molecule has 0 aliphatic heterocycles. The van der Waals surface area contributed by atoms with Crippen LogP contribution in [-0.2, 0) is 16.4 Å². The van der Waals surface area contributed by atoms with Crippen LogP contribution < -0.4 is 10.5 Å². The summed E-state index contributed by atoms with van der Waals surface area (Å²) in [5.74, 6) is -0.571. The van der Waals surface area contributed by atoms with Gasteiger partial charge in [0.25, 0.3) is 10.0 Å². The molecule has 0 saturated carbocycles. The third kappa shape index (κ3) is 3.52. The van der Waals surface area contributed by atoms with Gasteiger partial charge in [-0.25, -0.2) is 12.8 Å². The molecule has 2 aromatic rings. The first-order valence-electron chi connectivity index (χ1n) is 6.60. The fraction of sp³-hybridized carbons (Fsp3) is 0.200. The Morgan fingerprint density at radius 2 is 1.90 bits per heavy atom. The molecular formula is C15H17FN2O2S. The van der Waals surface area contributed by atoms with Crippen LogP contribution in [0.5, 0.6) is 0 Å². The van der Waals surface area contributed by atoms with Gasteiger partial charge >= 0.3 is 0 Å². The van der Waals surface area contributed by atoms with E-state index in [4.69, 9.17) is 5.73 Å². The minimum Gasteiger partial charge on any atom is -0.398 e. The number of hydrogen-bond donors (Lipinski definition) is 2. The number of halogens is 1. The number of nitrogens with one attached hydrogen (secondary N) is 1. The van der Waals surface area contributed by atoms with Gasteiger partial charge in [-0.3, -0.25) is 4.72 Å². The van der Waals surface area contributed by atoms with E-state index in [-0.39, 0.29) is 10.6 Å². The fourth-order valence-corrected chi connectivity index (χ4v) is 3.29. The molecule has 0 atom stereocenters. The van der Waals surface area contributed by atoms with Crippen LogP contribution in [0.25, 0.3) is 0 Å². The minimum atomic E-state index is -3.84. The highest BCUT2D eigenvalue weighted by molar-refractivity contribution is 7.92. The van der Waals surface area contributed by atoms with E-state index in [1.807, 2.05) is 19.1 Å². The van der Waals surface area contributed by atoms with E-state index in [1.54, 1.807) is 12.1 Å². The molecule has 3 N–H and O–H groups in total. The zero-order valence-corrected chi connectivity index (χ0v) is 12.5. The van der Waals surface area contributed by atoms with Crippen LogP contribution in [-0.4, -0.2) is 8.42 Å². The maximum Gasteiger partial charge on any atom is 0.263 e. The van der Waals surface area contributed by atoms with Gasteiger partial charge in [0, 0.05) is 0 Å². The van der Waals surface area contributed by atoms with E-state index >= 15 is 0 Å². The quantitative estimate of drug-likeness (QED) is 0.833. The van der Waals surface area contributed by atoms with Crippen LogP contribution in [0.1, 0.15) is 18.9 Å². The lowest BCUT2D eigenvalue weighted by Gasteiger charge is -2.13. The number of hydrogen-bond acceptors (Lipinski definition) is 3. The summed E-state index contributed by atoms with van der Waals surface area (Å²) in [6, 6.07) is 10.4. The monoisotopic (exact) mass is 308 g/mol. The second-order valence-electron chi connectivity index (χ2n) is 4.69. The van der Waals surface area contributed by atoms with Gasteiger partial charge in [0.15, 0.2) is 0 Å². The standard InChI is InChI=1S/C15H17FN2O2S/c1-2-5-11-6-3-4-7-14(11)18-21(19,20)15-9-8-12(16)10-13(15)17/h3-4,6-10,18H,2,5,17H2,1H3. The summed E-state index contributed by atoms with van der Waals surface area (Å²) >= 11 is 0. The molecule has 0 aliphatic carbocycles. The van der Waals surface area contributed by atoms with Gasteiger partial charge in [-0.2, -0.15) is 0 Å². The average molecular weight is 308 g/mol. The first-order chi connectivity index (χ1) is 9.94. The summed E-state index contributed by atoms with van der Waals surface area (Å²) in [6.45, 7) is 2.02. The van der Waals surface area contributed by atoms with Crippen molar-refractivity contribution in [2.75, 3.05) is 10.5 Å². The van der Waals surface area contributed by atoms with Crippen molar-refractivity contribution < 1.29 is 12.8 Å². The summed E-state index contributed by atoms with van der Waals surface area (Å²) in [6.07, 6.45) is 1.66. The lowest BCUT2D eigenvalue weighted by molar-refractivity contribution is 0.600. The summed E-state index contributed by atoms with van der Waals surface area (Å²) in [5.41, 5.74) is 6.91. The highest BCUT2D eigenvalue weighted by atomic mass is 32.2. The zero-order valence-electron chi connectivity index (χ0n) is 11.6. The van der Waals surface area contributed by atoms with Crippen molar-refractivity contribution in [3.05, 3.63) is 53.8 Å². The normalized spacial score (nSPS) is 11.3. The zero-order chi connectivity index (χ0) is 15.5. The number of anilines is 2. The SMILES string of the molecule is CCCc1ccccc1NS(=O)(=O)c1ccc(F)cc1N. The van der Waals surface area contributed by atoms with Crippen LogP contribution in [0, 0.1) is 5.82 Å². The Labute approximate surface area is 123 Å². The molecule has 0 spiro atoms. The fourth-order valence-electron chi connectivity index (χ4n) is 2.07. The maximum atomic E-state index is 13.0. The van der Waals surface area contributed by atoms with Crippen LogP contribution >= 0.6 is 0 Å². The Hall–Kier alpha value is -2.08. The first kappa shape index (κ1) is 15.3. The molecule has 2 rings (SSSR count). The lowest BCUT2D eigenvalue weighted by Crippen LogP contribution is -2.16. The molecule has 0 heterocycles. The molecule has 0 unspecified atom stereocenters. The van der Waals surface area contributed by atoms with Gasteiger partial charge < -0.3 is 5.73 Å². The largest absolute Gasteiger partial charge is 0.398 e. The van der Waals surface area contributed by atoms with Crippen molar-refractivity contribution in [2.24, 2.45) is 0 Å². The molecule has 0 fully saturated rings. The summed E-state index contributed by atoms with van der Waals surface area (Å²) in [4.78, 5) is -0.129. The molecule has 0 amide bonds. The number of para-hydroxylation sites is 1. The van der Waals surface area contributed by atoms with Crippen molar-refractivity contribution in [2.45, 2.75) is 24.7 Å².